The lowest BCUT2D eigenvalue weighted by atomic mass is 9.99. The molecule has 108 valence electrons. The number of carbonyl (C=O) groups excluding carboxylic acids is 1. The Kier molecular flexibility index (Phi) is 4.22. The highest BCUT2D eigenvalue weighted by molar-refractivity contribution is 6.01. The van der Waals surface area contributed by atoms with Crippen molar-refractivity contribution in [1.29, 1.82) is 0 Å². The van der Waals surface area contributed by atoms with Gasteiger partial charge in [0, 0.05) is 12.1 Å². The summed E-state index contributed by atoms with van der Waals surface area (Å²) >= 11 is 0. The number of amides is 1. The number of nitrogen functional groups attached to an aromatic ring is 1. The van der Waals surface area contributed by atoms with E-state index in [1.54, 1.807) is 0 Å². The number of nitro groups is 1. The zero-order valence-electron chi connectivity index (χ0n) is 11.5. The van der Waals surface area contributed by atoms with E-state index >= 15 is 0 Å². The number of nitrogens with zero attached hydrogens (tertiary/aromatic N) is 1. The summed E-state index contributed by atoms with van der Waals surface area (Å²) in [7, 11) is 0. The van der Waals surface area contributed by atoms with Crippen molar-refractivity contribution in [3.63, 3.8) is 0 Å². The van der Waals surface area contributed by atoms with E-state index in [1.165, 1.54) is 31.0 Å². The summed E-state index contributed by atoms with van der Waals surface area (Å²) in [5.41, 5.74) is 5.58. The fourth-order valence-corrected chi connectivity index (χ4v) is 2.77. The first-order valence-electron chi connectivity index (χ1n) is 6.84. The van der Waals surface area contributed by atoms with Crippen LogP contribution >= 0.6 is 0 Å². The number of nitrogens with two attached hydrogens (primary N) is 1. The second kappa shape index (κ2) is 5.90. The standard InChI is InChI=1S/C14H19N3O3/c1-9(10-5-2-3-6-10)16-14(18)11-7-4-8-12(13(11)15)17(19)20/h4,7-10H,2-3,5-6,15H2,1H3,(H,16,18). The predicted molar refractivity (Wildman–Crippen MR) is 76.4 cm³/mol. The van der Waals surface area contributed by atoms with Crippen LogP contribution in [0.5, 0.6) is 0 Å². The molecule has 1 unspecified atom stereocenters. The molecule has 0 aliphatic heterocycles. The minimum absolute atomic E-state index is 0.0589. The van der Waals surface area contributed by atoms with E-state index in [4.69, 9.17) is 5.73 Å². The second-order valence-corrected chi connectivity index (χ2v) is 5.30. The Morgan fingerprint density at radius 1 is 1.45 bits per heavy atom. The fourth-order valence-electron chi connectivity index (χ4n) is 2.77. The Hall–Kier alpha value is -2.11. The van der Waals surface area contributed by atoms with Gasteiger partial charge in [-0.25, -0.2) is 0 Å². The van der Waals surface area contributed by atoms with Crippen LogP contribution in [0.2, 0.25) is 0 Å². The maximum Gasteiger partial charge on any atom is 0.292 e. The molecule has 6 heteroatoms. The highest BCUT2D eigenvalue weighted by Crippen LogP contribution is 2.28. The molecule has 1 aromatic rings. The van der Waals surface area contributed by atoms with Crippen LogP contribution in [0.4, 0.5) is 11.4 Å². The van der Waals surface area contributed by atoms with Crippen molar-refractivity contribution in [3.05, 3.63) is 33.9 Å². The molecular weight excluding hydrogens is 258 g/mol. The van der Waals surface area contributed by atoms with Crippen molar-refractivity contribution in [1.82, 2.24) is 5.32 Å². The van der Waals surface area contributed by atoms with Gasteiger partial charge in [-0.2, -0.15) is 0 Å². The van der Waals surface area contributed by atoms with Gasteiger partial charge in [0.1, 0.15) is 5.69 Å². The lowest BCUT2D eigenvalue weighted by Gasteiger charge is -2.20. The number of nitro benzene ring substituents is 1. The monoisotopic (exact) mass is 277 g/mol. The number of carbonyl (C=O) groups is 1. The van der Waals surface area contributed by atoms with Crippen LogP contribution in [0, 0.1) is 16.0 Å². The number of benzene rings is 1. The van der Waals surface area contributed by atoms with Crippen LogP contribution in [0.1, 0.15) is 43.0 Å². The second-order valence-electron chi connectivity index (χ2n) is 5.30. The highest BCUT2D eigenvalue weighted by Gasteiger charge is 2.25. The third-order valence-electron chi connectivity index (χ3n) is 3.99. The number of anilines is 1. The molecule has 2 rings (SSSR count). The van der Waals surface area contributed by atoms with Gasteiger partial charge in [0.15, 0.2) is 0 Å². The Morgan fingerprint density at radius 2 is 2.10 bits per heavy atom. The molecular formula is C14H19N3O3. The molecule has 1 atom stereocenters. The summed E-state index contributed by atoms with van der Waals surface area (Å²) in [5, 5.41) is 13.7. The first-order valence-corrected chi connectivity index (χ1v) is 6.84. The summed E-state index contributed by atoms with van der Waals surface area (Å²) in [5.74, 6) is 0.143. The van der Waals surface area contributed by atoms with Crippen molar-refractivity contribution in [2.24, 2.45) is 5.92 Å². The number of rotatable bonds is 4. The quantitative estimate of drug-likeness (QED) is 0.501. The van der Waals surface area contributed by atoms with Gasteiger partial charge in [-0.1, -0.05) is 18.9 Å². The van der Waals surface area contributed by atoms with E-state index in [0.29, 0.717) is 5.92 Å². The van der Waals surface area contributed by atoms with Crippen molar-refractivity contribution >= 4 is 17.3 Å². The number of nitrogens with one attached hydrogen (secondary N) is 1. The average Bonchev–Trinajstić information content (AvgIpc) is 2.92. The number of hydrogen-bond acceptors (Lipinski definition) is 4. The SMILES string of the molecule is CC(NC(=O)c1cccc([N+](=O)[O-])c1N)C1CCCC1. The Bertz CT molecular complexity index is 524. The maximum atomic E-state index is 12.2. The summed E-state index contributed by atoms with van der Waals surface area (Å²) < 4.78 is 0. The first kappa shape index (κ1) is 14.3. The highest BCUT2D eigenvalue weighted by atomic mass is 16.6. The molecule has 6 nitrogen and oxygen atoms in total. The van der Waals surface area contributed by atoms with Gasteiger partial charge < -0.3 is 11.1 Å². The van der Waals surface area contributed by atoms with E-state index in [2.05, 4.69) is 5.32 Å². The van der Waals surface area contributed by atoms with Crippen LogP contribution in [0.15, 0.2) is 18.2 Å². The van der Waals surface area contributed by atoms with Crippen LogP contribution in [-0.4, -0.2) is 16.9 Å². The van der Waals surface area contributed by atoms with E-state index in [1.807, 2.05) is 6.92 Å². The summed E-state index contributed by atoms with van der Waals surface area (Å²) in [6.45, 7) is 1.97. The van der Waals surface area contributed by atoms with Gasteiger partial charge in [-0.15, -0.1) is 0 Å². The van der Waals surface area contributed by atoms with E-state index in [0.717, 1.165) is 12.8 Å². The van der Waals surface area contributed by atoms with Gasteiger partial charge in [0.05, 0.1) is 10.5 Å². The van der Waals surface area contributed by atoms with Crippen LogP contribution in [0.25, 0.3) is 0 Å². The van der Waals surface area contributed by atoms with Gasteiger partial charge >= 0.3 is 0 Å². The summed E-state index contributed by atoms with van der Waals surface area (Å²) in [6, 6.07) is 4.35. The van der Waals surface area contributed by atoms with Gasteiger partial charge in [0.2, 0.25) is 0 Å². The molecule has 1 aliphatic carbocycles. The molecule has 0 saturated heterocycles. The van der Waals surface area contributed by atoms with E-state index in [-0.39, 0.29) is 28.9 Å². The van der Waals surface area contributed by atoms with Gasteiger partial charge in [-0.05, 0) is 31.7 Å². The molecule has 0 radical (unpaired) electrons. The maximum absolute atomic E-state index is 12.2. The van der Waals surface area contributed by atoms with Crippen LogP contribution in [-0.2, 0) is 0 Å². The minimum atomic E-state index is -0.577. The fraction of sp³-hybridized carbons (Fsp3) is 0.500. The molecule has 0 spiro atoms. The zero-order valence-corrected chi connectivity index (χ0v) is 11.5. The largest absolute Gasteiger partial charge is 0.393 e. The van der Waals surface area contributed by atoms with Crippen LogP contribution < -0.4 is 11.1 Å². The third kappa shape index (κ3) is 2.89. The Balaban J connectivity index is 2.13. The number of hydrogen-bond donors (Lipinski definition) is 2. The molecule has 1 aliphatic rings. The molecule has 1 aromatic carbocycles. The first-order chi connectivity index (χ1) is 9.50. The van der Waals surface area contributed by atoms with Gasteiger partial charge in [0.25, 0.3) is 11.6 Å². The predicted octanol–water partition coefficient (Wildman–Crippen LogP) is 2.49. The van der Waals surface area contributed by atoms with Crippen molar-refractivity contribution < 1.29 is 9.72 Å². The minimum Gasteiger partial charge on any atom is -0.393 e. The molecule has 0 bridgehead atoms. The number of para-hydroxylation sites is 1. The topological polar surface area (TPSA) is 98.3 Å². The van der Waals surface area contributed by atoms with Crippen molar-refractivity contribution in [2.75, 3.05) is 5.73 Å². The zero-order chi connectivity index (χ0) is 14.7. The molecule has 0 heterocycles. The Morgan fingerprint density at radius 3 is 2.70 bits per heavy atom. The summed E-state index contributed by atoms with van der Waals surface area (Å²) in [6.07, 6.45) is 4.63. The van der Waals surface area contributed by atoms with Crippen molar-refractivity contribution in [3.8, 4) is 0 Å². The molecule has 1 fully saturated rings. The molecule has 1 saturated carbocycles. The molecule has 0 aromatic heterocycles. The van der Waals surface area contributed by atoms with E-state index in [9.17, 15) is 14.9 Å². The van der Waals surface area contributed by atoms with Crippen LogP contribution in [0.3, 0.4) is 0 Å². The molecule has 20 heavy (non-hydrogen) atoms. The van der Waals surface area contributed by atoms with Crippen molar-refractivity contribution in [2.45, 2.75) is 38.6 Å². The lowest BCUT2D eigenvalue weighted by molar-refractivity contribution is -0.383. The average molecular weight is 277 g/mol. The molecule has 3 N–H and O–H groups in total. The normalized spacial score (nSPS) is 16.9. The Labute approximate surface area is 117 Å². The third-order valence-corrected chi connectivity index (χ3v) is 3.99. The lowest BCUT2D eigenvalue weighted by Crippen LogP contribution is -2.37. The smallest absolute Gasteiger partial charge is 0.292 e. The molecule has 1 amide bonds. The van der Waals surface area contributed by atoms with E-state index < -0.39 is 4.92 Å². The summed E-state index contributed by atoms with van der Waals surface area (Å²) in [4.78, 5) is 22.4. The van der Waals surface area contributed by atoms with Gasteiger partial charge in [-0.3, -0.25) is 14.9 Å².